The van der Waals surface area contributed by atoms with Gasteiger partial charge in [-0.15, -0.1) is 0 Å². The smallest absolute Gasteiger partial charge is 0.339 e. The summed E-state index contributed by atoms with van der Waals surface area (Å²) in [5.41, 5.74) is 2.51. The molecular weight excluding hydrogens is 492 g/mol. The molecule has 2 atom stereocenters. The van der Waals surface area contributed by atoms with E-state index in [0.717, 1.165) is 22.8 Å². The number of nitrogens with zero attached hydrogens (tertiary/aromatic N) is 3. The number of cyclic esters (lactones) is 1. The van der Waals surface area contributed by atoms with Crippen molar-refractivity contribution >= 4 is 34.6 Å². The zero-order valence-corrected chi connectivity index (χ0v) is 21.6. The molecule has 1 saturated heterocycles. The van der Waals surface area contributed by atoms with Crippen molar-refractivity contribution in [1.82, 2.24) is 15.3 Å². The number of benzene rings is 2. The van der Waals surface area contributed by atoms with E-state index in [1.54, 1.807) is 33.5 Å². The molecule has 0 spiro atoms. The van der Waals surface area contributed by atoms with Crippen LogP contribution in [0.3, 0.4) is 0 Å². The molecule has 0 aliphatic carbocycles. The third-order valence-corrected chi connectivity index (χ3v) is 6.94. The largest absolute Gasteiger partial charge is 0.493 e. The molecule has 3 aromatic rings. The van der Waals surface area contributed by atoms with Crippen molar-refractivity contribution < 1.29 is 33.3 Å². The van der Waals surface area contributed by atoms with Crippen molar-refractivity contribution in [1.29, 1.82) is 0 Å². The summed E-state index contributed by atoms with van der Waals surface area (Å²) in [4.78, 5) is 48.3. The first-order chi connectivity index (χ1) is 18.4. The summed E-state index contributed by atoms with van der Waals surface area (Å²) in [5.74, 6) is 0.269. The number of anilines is 1. The first kappa shape index (κ1) is 25.2. The molecule has 0 unspecified atom stereocenters. The highest BCUT2D eigenvalue weighted by Crippen LogP contribution is 2.42. The Balaban J connectivity index is 1.51. The molecule has 5 rings (SSSR count). The predicted octanol–water partition coefficient (Wildman–Crippen LogP) is 2.63. The van der Waals surface area contributed by atoms with Crippen molar-refractivity contribution in [2.24, 2.45) is 0 Å². The quantitative estimate of drug-likeness (QED) is 0.464. The van der Waals surface area contributed by atoms with Crippen LogP contribution in [-0.2, 0) is 25.7 Å². The van der Waals surface area contributed by atoms with Gasteiger partial charge in [0.1, 0.15) is 18.7 Å². The van der Waals surface area contributed by atoms with E-state index >= 15 is 0 Å². The van der Waals surface area contributed by atoms with E-state index in [1.807, 2.05) is 23.1 Å². The van der Waals surface area contributed by atoms with Crippen LogP contribution in [0.1, 0.15) is 35.7 Å². The molecule has 11 heteroatoms. The van der Waals surface area contributed by atoms with Crippen LogP contribution in [0, 0.1) is 0 Å². The second kappa shape index (κ2) is 10.2. The molecule has 2 aromatic carbocycles. The first-order valence-electron chi connectivity index (χ1n) is 12.2. The maximum Gasteiger partial charge on any atom is 0.339 e. The molecule has 1 N–H and O–H groups in total. The Morgan fingerprint density at radius 2 is 1.79 bits per heavy atom. The maximum absolute atomic E-state index is 12.9. The van der Waals surface area contributed by atoms with Gasteiger partial charge in [0.05, 0.1) is 26.9 Å². The van der Waals surface area contributed by atoms with Crippen LogP contribution in [0.5, 0.6) is 11.5 Å². The van der Waals surface area contributed by atoms with Crippen molar-refractivity contribution in [2.75, 3.05) is 32.8 Å². The molecule has 1 amide bonds. The minimum Gasteiger partial charge on any atom is -0.493 e. The van der Waals surface area contributed by atoms with Gasteiger partial charge in [0, 0.05) is 35.6 Å². The number of ether oxygens (including phenoxy) is 4. The second-order valence-electron chi connectivity index (χ2n) is 9.17. The lowest BCUT2D eigenvalue weighted by molar-refractivity contribution is -0.144. The molecule has 3 heterocycles. The molecule has 0 saturated carbocycles. The summed E-state index contributed by atoms with van der Waals surface area (Å²) in [6, 6.07) is 4.33. The van der Waals surface area contributed by atoms with Crippen LogP contribution in [0.4, 0.5) is 5.95 Å². The van der Waals surface area contributed by atoms with Gasteiger partial charge in [0.15, 0.2) is 11.5 Å². The zero-order chi connectivity index (χ0) is 27.0. The van der Waals surface area contributed by atoms with Gasteiger partial charge in [-0.05, 0) is 48.7 Å². The minimum atomic E-state index is -0.762. The summed E-state index contributed by atoms with van der Waals surface area (Å²) >= 11 is 0. The van der Waals surface area contributed by atoms with Crippen LogP contribution in [0.25, 0.3) is 21.9 Å². The van der Waals surface area contributed by atoms with Gasteiger partial charge in [0.25, 0.3) is 0 Å². The molecule has 0 radical (unpaired) electrons. The van der Waals surface area contributed by atoms with Crippen molar-refractivity contribution in [2.45, 2.75) is 38.5 Å². The SMILES string of the molecule is COC(=O)[C@@H](C)NC(=O)[C@@H]1CCCN1c1ncc(-c2c3c(cc4cc(OC)c(OC)cc24)COC3=O)cn1. The van der Waals surface area contributed by atoms with Crippen molar-refractivity contribution in [3.63, 3.8) is 0 Å². The maximum atomic E-state index is 12.9. The fraction of sp³-hybridized carbons (Fsp3) is 0.370. The van der Waals surface area contributed by atoms with Crippen LogP contribution in [0.15, 0.2) is 30.6 Å². The molecular formula is C27H28N4O7. The molecule has 198 valence electrons. The number of hydrogen-bond acceptors (Lipinski definition) is 10. The summed E-state index contributed by atoms with van der Waals surface area (Å²) < 4.78 is 21.0. The number of aromatic nitrogens is 2. The standard InChI is InChI=1S/C27H28N4O7/c1-14(25(33)37-4)30-24(32)19-6-5-7-31(19)27-28-11-17(12-29-27)22-18-10-21(36-3)20(35-2)9-15(18)8-16-13-38-26(34)23(16)22/h8-12,14,19H,5-7,13H2,1-4H3,(H,30,32)/t14-,19+/m1/s1. The molecule has 38 heavy (non-hydrogen) atoms. The summed E-state index contributed by atoms with van der Waals surface area (Å²) in [6.45, 7) is 2.35. The van der Waals surface area contributed by atoms with E-state index in [-0.39, 0.29) is 12.5 Å². The Morgan fingerprint density at radius 1 is 1.08 bits per heavy atom. The minimum absolute atomic E-state index is 0.180. The lowest BCUT2D eigenvalue weighted by Crippen LogP contribution is -2.49. The molecule has 1 aromatic heterocycles. The highest BCUT2D eigenvalue weighted by molar-refractivity contribution is 6.11. The zero-order valence-electron chi connectivity index (χ0n) is 21.6. The van der Waals surface area contributed by atoms with Crippen molar-refractivity contribution in [3.8, 4) is 22.6 Å². The molecule has 1 fully saturated rings. The van der Waals surface area contributed by atoms with Crippen molar-refractivity contribution in [3.05, 3.63) is 41.7 Å². The van der Waals surface area contributed by atoms with Crippen LogP contribution in [0.2, 0.25) is 0 Å². The van der Waals surface area contributed by atoms with Crippen LogP contribution >= 0.6 is 0 Å². The average Bonchev–Trinajstić information content (AvgIpc) is 3.57. The Hall–Kier alpha value is -4.41. The topological polar surface area (TPSA) is 129 Å². The van der Waals surface area contributed by atoms with Gasteiger partial charge in [-0.2, -0.15) is 0 Å². The molecule has 2 aliphatic heterocycles. The van der Waals surface area contributed by atoms with E-state index in [1.165, 1.54) is 7.11 Å². The molecule has 0 bridgehead atoms. The van der Waals surface area contributed by atoms with E-state index in [2.05, 4.69) is 15.3 Å². The lowest BCUT2D eigenvalue weighted by atomic mass is 9.91. The first-order valence-corrected chi connectivity index (χ1v) is 12.2. The van der Waals surface area contributed by atoms with E-state index < -0.39 is 24.0 Å². The number of rotatable bonds is 7. The predicted molar refractivity (Wildman–Crippen MR) is 137 cm³/mol. The number of carbonyl (C=O) groups is 3. The highest BCUT2D eigenvalue weighted by atomic mass is 16.5. The Bertz CT molecular complexity index is 1420. The van der Waals surface area contributed by atoms with E-state index in [4.69, 9.17) is 18.9 Å². The van der Waals surface area contributed by atoms with Gasteiger partial charge in [-0.25, -0.2) is 19.6 Å². The number of fused-ring (bicyclic) bond motifs is 2. The van der Waals surface area contributed by atoms with Gasteiger partial charge in [-0.3, -0.25) is 4.79 Å². The number of hydrogen-bond donors (Lipinski definition) is 1. The van der Waals surface area contributed by atoms with Gasteiger partial charge < -0.3 is 29.2 Å². The number of nitrogens with one attached hydrogen (secondary N) is 1. The fourth-order valence-corrected chi connectivity index (χ4v) is 5.07. The Labute approximate surface area is 219 Å². The summed E-state index contributed by atoms with van der Waals surface area (Å²) in [7, 11) is 4.40. The number of methoxy groups -OCH3 is 3. The Kier molecular flexibility index (Phi) is 6.75. The van der Waals surface area contributed by atoms with E-state index in [9.17, 15) is 14.4 Å². The van der Waals surface area contributed by atoms with Gasteiger partial charge in [-0.1, -0.05) is 0 Å². The normalized spacial score (nSPS) is 17.1. The van der Waals surface area contributed by atoms with Gasteiger partial charge >= 0.3 is 11.9 Å². The molecule has 2 aliphatic rings. The Morgan fingerprint density at radius 3 is 2.47 bits per heavy atom. The van der Waals surface area contributed by atoms with Crippen LogP contribution in [-0.4, -0.2) is 67.8 Å². The monoisotopic (exact) mass is 520 g/mol. The summed E-state index contributed by atoms with van der Waals surface area (Å²) in [6.07, 6.45) is 4.67. The lowest BCUT2D eigenvalue weighted by Gasteiger charge is -2.25. The average molecular weight is 521 g/mol. The van der Waals surface area contributed by atoms with Gasteiger partial charge in [0.2, 0.25) is 11.9 Å². The number of esters is 2. The fourth-order valence-electron chi connectivity index (χ4n) is 5.07. The van der Waals surface area contributed by atoms with Crippen LogP contribution < -0.4 is 19.7 Å². The van der Waals surface area contributed by atoms with E-state index in [0.29, 0.717) is 47.1 Å². The third kappa shape index (κ3) is 4.33. The molecule has 11 nitrogen and oxygen atoms in total. The number of carbonyl (C=O) groups excluding carboxylic acids is 3. The third-order valence-electron chi connectivity index (χ3n) is 6.94. The second-order valence-corrected chi connectivity index (χ2v) is 9.17. The number of amides is 1. The highest BCUT2D eigenvalue weighted by Gasteiger charge is 2.34. The summed E-state index contributed by atoms with van der Waals surface area (Å²) in [5, 5.41) is 4.33.